The number of nitrogens with zero attached hydrogens (tertiary/aromatic N) is 3. The van der Waals surface area contributed by atoms with Crippen molar-refractivity contribution in [1.29, 1.82) is 0 Å². The van der Waals surface area contributed by atoms with Crippen molar-refractivity contribution in [3.63, 3.8) is 0 Å². The molecule has 0 aromatic carbocycles. The van der Waals surface area contributed by atoms with Crippen molar-refractivity contribution >= 4 is 17.3 Å². The molecule has 1 N–H and O–H groups in total. The number of aromatic carboxylic acids is 1. The molecule has 0 aliphatic heterocycles. The van der Waals surface area contributed by atoms with Crippen LogP contribution in [0.2, 0.25) is 0 Å². The van der Waals surface area contributed by atoms with Crippen molar-refractivity contribution in [1.82, 2.24) is 15.0 Å². The first-order valence-electron chi connectivity index (χ1n) is 5.25. The number of carboxylic acid groups (broad SMARTS) is 1. The minimum atomic E-state index is -0.956. The Morgan fingerprint density at radius 3 is 2.82 bits per heavy atom. The zero-order chi connectivity index (χ0) is 11.8. The van der Waals surface area contributed by atoms with Crippen molar-refractivity contribution < 1.29 is 9.90 Å². The van der Waals surface area contributed by atoms with Gasteiger partial charge in [-0.3, -0.25) is 4.98 Å². The smallest absolute Gasteiger partial charge is 0.339 e. The maximum Gasteiger partial charge on any atom is 0.339 e. The highest BCUT2D eigenvalue weighted by atomic mass is 32.1. The van der Waals surface area contributed by atoms with Gasteiger partial charge in [0.15, 0.2) is 5.82 Å². The van der Waals surface area contributed by atoms with E-state index in [4.69, 9.17) is 5.11 Å². The molecule has 86 valence electrons. The van der Waals surface area contributed by atoms with Crippen LogP contribution in [-0.2, 0) is 0 Å². The maximum atomic E-state index is 11.1. The standard InChI is InChI=1S/C11H9N3O2S/c15-11(16)7-3-13-10(8-4-12-5-17-8)14-9(7)6-1-2-6/h3-6H,1-2H2,(H,15,16). The maximum absolute atomic E-state index is 11.1. The normalized spacial score (nSPS) is 14.8. The molecule has 0 amide bonds. The molecule has 0 radical (unpaired) electrons. The van der Waals surface area contributed by atoms with Crippen LogP contribution in [0.25, 0.3) is 10.7 Å². The molecule has 0 spiro atoms. The molecule has 0 bridgehead atoms. The average Bonchev–Trinajstić information content (AvgIpc) is 3.03. The number of carboxylic acids is 1. The van der Waals surface area contributed by atoms with Crippen molar-refractivity contribution in [2.24, 2.45) is 0 Å². The minimum Gasteiger partial charge on any atom is -0.478 e. The van der Waals surface area contributed by atoms with E-state index < -0.39 is 5.97 Å². The Labute approximate surface area is 101 Å². The molecule has 0 saturated heterocycles. The van der Waals surface area contributed by atoms with Crippen molar-refractivity contribution in [3.8, 4) is 10.7 Å². The van der Waals surface area contributed by atoms with Crippen LogP contribution >= 0.6 is 11.3 Å². The Morgan fingerprint density at radius 1 is 1.41 bits per heavy atom. The fraction of sp³-hybridized carbons (Fsp3) is 0.273. The molecule has 1 fully saturated rings. The zero-order valence-corrected chi connectivity index (χ0v) is 9.65. The number of rotatable bonds is 3. The highest BCUT2D eigenvalue weighted by molar-refractivity contribution is 7.13. The minimum absolute atomic E-state index is 0.223. The van der Waals surface area contributed by atoms with E-state index in [0.717, 1.165) is 17.7 Å². The molecular weight excluding hydrogens is 238 g/mol. The van der Waals surface area contributed by atoms with Gasteiger partial charge in [-0.15, -0.1) is 11.3 Å². The summed E-state index contributed by atoms with van der Waals surface area (Å²) in [6.07, 6.45) is 5.12. The third-order valence-electron chi connectivity index (χ3n) is 2.67. The molecule has 1 aliphatic rings. The van der Waals surface area contributed by atoms with Gasteiger partial charge in [-0.1, -0.05) is 0 Å². The second-order valence-corrected chi connectivity index (χ2v) is 4.82. The molecule has 2 aromatic rings. The third kappa shape index (κ3) is 1.91. The van der Waals surface area contributed by atoms with Gasteiger partial charge in [-0.05, 0) is 12.8 Å². The summed E-state index contributed by atoms with van der Waals surface area (Å²) in [6.45, 7) is 0. The zero-order valence-electron chi connectivity index (χ0n) is 8.83. The van der Waals surface area contributed by atoms with Gasteiger partial charge in [-0.2, -0.15) is 0 Å². The number of hydrogen-bond acceptors (Lipinski definition) is 5. The van der Waals surface area contributed by atoms with Crippen molar-refractivity contribution in [2.75, 3.05) is 0 Å². The van der Waals surface area contributed by atoms with E-state index in [-0.39, 0.29) is 11.5 Å². The highest BCUT2D eigenvalue weighted by Crippen LogP contribution is 2.41. The summed E-state index contributed by atoms with van der Waals surface area (Å²) in [6, 6.07) is 0. The summed E-state index contributed by atoms with van der Waals surface area (Å²) in [5, 5.41) is 9.07. The largest absolute Gasteiger partial charge is 0.478 e. The molecule has 17 heavy (non-hydrogen) atoms. The fourth-order valence-corrected chi connectivity index (χ4v) is 2.23. The van der Waals surface area contributed by atoms with Crippen LogP contribution in [0.5, 0.6) is 0 Å². The van der Waals surface area contributed by atoms with E-state index in [2.05, 4.69) is 15.0 Å². The predicted octanol–water partition coefficient (Wildman–Crippen LogP) is 2.18. The molecular formula is C11H9N3O2S. The molecule has 2 heterocycles. The van der Waals surface area contributed by atoms with E-state index in [1.807, 2.05) is 0 Å². The molecule has 3 rings (SSSR count). The average molecular weight is 247 g/mol. The molecule has 5 nitrogen and oxygen atoms in total. The molecule has 6 heteroatoms. The molecule has 0 atom stereocenters. The quantitative estimate of drug-likeness (QED) is 0.899. The second-order valence-electron chi connectivity index (χ2n) is 3.94. The third-order valence-corrected chi connectivity index (χ3v) is 3.43. The van der Waals surface area contributed by atoms with Gasteiger partial charge in [-0.25, -0.2) is 14.8 Å². The number of aromatic nitrogens is 3. The van der Waals surface area contributed by atoms with Crippen LogP contribution in [0.1, 0.15) is 34.8 Å². The lowest BCUT2D eigenvalue weighted by Crippen LogP contribution is -2.06. The lowest BCUT2D eigenvalue weighted by Gasteiger charge is -2.04. The molecule has 2 aromatic heterocycles. The van der Waals surface area contributed by atoms with Crippen LogP contribution in [0.3, 0.4) is 0 Å². The van der Waals surface area contributed by atoms with Gasteiger partial charge >= 0.3 is 5.97 Å². The van der Waals surface area contributed by atoms with Crippen LogP contribution in [0.4, 0.5) is 0 Å². The van der Waals surface area contributed by atoms with E-state index in [1.165, 1.54) is 17.5 Å². The van der Waals surface area contributed by atoms with E-state index in [9.17, 15) is 4.79 Å². The first kappa shape index (κ1) is 10.3. The van der Waals surface area contributed by atoms with Gasteiger partial charge in [0.25, 0.3) is 0 Å². The Hall–Kier alpha value is -1.82. The molecule has 1 aliphatic carbocycles. The SMILES string of the molecule is O=C(O)c1cnc(-c2cncs2)nc1C1CC1. The van der Waals surface area contributed by atoms with Crippen molar-refractivity contribution in [2.45, 2.75) is 18.8 Å². The fourth-order valence-electron chi connectivity index (χ4n) is 1.67. The number of hydrogen-bond donors (Lipinski definition) is 1. The van der Waals surface area contributed by atoms with E-state index in [1.54, 1.807) is 11.7 Å². The van der Waals surface area contributed by atoms with Crippen LogP contribution < -0.4 is 0 Å². The van der Waals surface area contributed by atoms with E-state index in [0.29, 0.717) is 11.5 Å². The van der Waals surface area contributed by atoms with Gasteiger partial charge in [0, 0.05) is 18.3 Å². The Morgan fingerprint density at radius 2 is 2.24 bits per heavy atom. The summed E-state index contributed by atoms with van der Waals surface area (Å²) < 4.78 is 0. The van der Waals surface area contributed by atoms with Gasteiger partial charge in [0.1, 0.15) is 0 Å². The Balaban J connectivity index is 2.09. The molecule has 1 saturated carbocycles. The summed E-state index contributed by atoms with van der Waals surface area (Å²) in [5.41, 5.74) is 2.59. The Kier molecular flexibility index (Phi) is 2.36. The number of thiazole rings is 1. The second kappa shape index (κ2) is 3.89. The van der Waals surface area contributed by atoms with Crippen LogP contribution in [-0.4, -0.2) is 26.0 Å². The topological polar surface area (TPSA) is 76.0 Å². The van der Waals surface area contributed by atoms with Gasteiger partial charge < -0.3 is 5.11 Å². The summed E-state index contributed by atoms with van der Waals surface area (Å²) in [4.78, 5) is 24.4. The lowest BCUT2D eigenvalue weighted by molar-refractivity contribution is 0.0694. The Bertz CT molecular complexity index is 564. The molecule has 0 unspecified atom stereocenters. The van der Waals surface area contributed by atoms with Gasteiger partial charge in [0.05, 0.1) is 21.6 Å². The monoisotopic (exact) mass is 247 g/mol. The van der Waals surface area contributed by atoms with Crippen molar-refractivity contribution in [3.05, 3.63) is 29.2 Å². The number of carbonyl (C=O) groups is 1. The van der Waals surface area contributed by atoms with Crippen LogP contribution in [0.15, 0.2) is 17.9 Å². The lowest BCUT2D eigenvalue weighted by atomic mass is 10.1. The summed E-state index contributed by atoms with van der Waals surface area (Å²) in [7, 11) is 0. The highest BCUT2D eigenvalue weighted by Gasteiger charge is 2.30. The van der Waals surface area contributed by atoms with Gasteiger partial charge in [0.2, 0.25) is 0 Å². The summed E-state index contributed by atoms with van der Waals surface area (Å²) >= 11 is 1.45. The first-order valence-corrected chi connectivity index (χ1v) is 6.13. The van der Waals surface area contributed by atoms with E-state index >= 15 is 0 Å². The first-order chi connectivity index (χ1) is 8.25. The van der Waals surface area contributed by atoms with Crippen LogP contribution in [0, 0.1) is 0 Å². The predicted molar refractivity (Wildman–Crippen MR) is 62.1 cm³/mol. The summed E-state index contributed by atoms with van der Waals surface area (Å²) in [5.74, 6) is -0.0991.